The van der Waals surface area contributed by atoms with Crippen LogP contribution in [0.2, 0.25) is 0 Å². The topological polar surface area (TPSA) is 29.5 Å². The minimum atomic E-state index is -0.309. The highest BCUT2D eigenvalue weighted by Crippen LogP contribution is 2.34. The summed E-state index contributed by atoms with van der Waals surface area (Å²) in [6.07, 6.45) is 0.915. The quantitative estimate of drug-likeness (QED) is 0.628. The zero-order chi connectivity index (χ0) is 10.2. The van der Waals surface area contributed by atoms with Gasteiger partial charge in [0.25, 0.3) is 0 Å². The highest BCUT2D eigenvalue weighted by atomic mass is 16.5. The van der Waals surface area contributed by atoms with Crippen molar-refractivity contribution in [2.75, 3.05) is 0 Å². The molecule has 1 N–H and O–H groups in total. The van der Waals surface area contributed by atoms with Crippen molar-refractivity contribution in [2.24, 2.45) is 11.3 Å². The number of aliphatic hydroxyl groups is 1. The molecule has 1 heterocycles. The Balaban J connectivity index is 2.72. The summed E-state index contributed by atoms with van der Waals surface area (Å²) in [5.74, 6) is 0.355. The largest absolute Gasteiger partial charge is 0.390 e. The van der Waals surface area contributed by atoms with Gasteiger partial charge in [-0.25, -0.2) is 0 Å². The van der Waals surface area contributed by atoms with Crippen LogP contribution < -0.4 is 0 Å². The van der Waals surface area contributed by atoms with Crippen molar-refractivity contribution < 1.29 is 9.84 Å². The molecule has 1 aliphatic rings. The van der Waals surface area contributed by atoms with E-state index in [9.17, 15) is 5.11 Å². The Morgan fingerprint density at radius 2 is 1.77 bits per heavy atom. The number of hydrogen-bond acceptors (Lipinski definition) is 2. The third-order valence-corrected chi connectivity index (χ3v) is 2.83. The lowest BCUT2D eigenvalue weighted by Gasteiger charge is -2.43. The van der Waals surface area contributed by atoms with Gasteiger partial charge in [-0.15, -0.1) is 0 Å². The first-order valence-electron chi connectivity index (χ1n) is 5.16. The summed E-state index contributed by atoms with van der Waals surface area (Å²) in [7, 11) is 0. The van der Waals surface area contributed by atoms with Crippen LogP contribution in [-0.2, 0) is 4.74 Å². The van der Waals surface area contributed by atoms with E-state index in [0.717, 1.165) is 6.42 Å². The summed E-state index contributed by atoms with van der Waals surface area (Å²) in [5.41, 5.74) is 0.0301. The zero-order valence-electron chi connectivity index (χ0n) is 9.37. The molecule has 0 radical (unpaired) electrons. The second kappa shape index (κ2) is 3.58. The molecule has 78 valence electrons. The molecular weight excluding hydrogens is 164 g/mol. The summed E-state index contributed by atoms with van der Waals surface area (Å²) >= 11 is 0. The molecule has 0 spiro atoms. The molecule has 0 amide bonds. The fourth-order valence-corrected chi connectivity index (χ4v) is 2.06. The van der Waals surface area contributed by atoms with Crippen LogP contribution in [0, 0.1) is 11.3 Å². The minimum absolute atomic E-state index is 0.0220. The van der Waals surface area contributed by atoms with Gasteiger partial charge < -0.3 is 9.84 Å². The average molecular weight is 186 g/mol. The Bertz CT molecular complexity index is 171. The van der Waals surface area contributed by atoms with Gasteiger partial charge in [-0.05, 0) is 24.7 Å². The van der Waals surface area contributed by atoms with Crippen LogP contribution in [0.3, 0.4) is 0 Å². The van der Waals surface area contributed by atoms with Crippen LogP contribution in [0.25, 0.3) is 0 Å². The Hall–Kier alpha value is -0.0800. The average Bonchev–Trinajstić information content (AvgIpc) is 1.94. The molecule has 1 fully saturated rings. The molecule has 0 aliphatic carbocycles. The van der Waals surface area contributed by atoms with E-state index < -0.39 is 0 Å². The molecule has 0 aromatic heterocycles. The van der Waals surface area contributed by atoms with Crippen LogP contribution in [0.1, 0.15) is 41.0 Å². The van der Waals surface area contributed by atoms with E-state index in [2.05, 4.69) is 34.6 Å². The van der Waals surface area contributed by atoms with E-state index in [1.807, 2.05) is 0 Å². The fourth-order valence-electron chi connectivity index (χ4n) is 2.06. The summed E-state index contributed by atoms with van der Waals surface area (Å²) in [4.78, 5) is 0. The number of ether oxygens (including phenoxy) is 1. The van der Waals surface area contributed by atoms with Crippen molar-refractivity contribution in [3.8, 4) is 0 Å². The van der Waals surface area contributed by atoms with Gasteiger partial charge in [0.2, 0.25) is 0 Å². The maximum Gasteiger partial charge on any atom is 0.0888 e. The first kappa shape index (κ1) is 11.0. The lowest BCUT2D eigenvalue weighted by molar-refractivity contribution is -0.173. The minimum Gasteiger partial charge on any atom is -0.390 e. The van der Waals surface area contributed by atoms with Gasteiger partial charge in [0.15, 0.2) is 0 Å². The molecular formula is C11H22O2. The Kier molecular flexibility index (Phi) is 3.03. The van der Waals surface area contributed by atoms with E-state index in [1.54, 1.807) is 0 Å². The molecule has 2 nitrogen and oxygen atoms in total. The zero-order valence-corrected chi connectivity index (χ0v) is 9.37. The summed E-state index contributed by atoms with van der Waals surface area (Å²) < 4.78 is 5.78. The van der Waals surface area contributed by atoms with Crippen LogP contribution in [0.4, 0.5) is 0 Å². The van der Waals surface area contributed by atoms with Crippen molar-refractivity contribution in [3.63, 3.8) is 0 Å². The van der Waals surface area contributed by atoms with E-state index in [-0.39, 0.29) is 23.7 Å². The molecule has 0 saturated carbocycles. The van der Waals surface area contributed by atoms with E-state index in [1.165, 1.54) is 0 Å². The second-order valence-electron chi connectivity index (χ2n) is 5.44. The maximum absolute atomic E-state index is 9.97. The molecule has 1 rings (SSSR count). The van der Waals surface area contributed by atoms with Crippen molar-refractivity contribution >= 4 is 0 Å². The number of rotatable bonds is 0. The van der Waals surface area contributed by atoms with Gasteiger partial charge in [-0.2, -0.15) is 0 Å². The highest BCUT2D eigenvalue weighted by molar-refractivity contribution is 4.88. The van der Waals surface area contributed by atoms with Gasteiger partial charge in [-0.1, -0.05) is 27.7 Å². The lowest BCUT2D eigenvalue weighted by atomic mass is 9.78. The Morgan fingerprint density at radius 3 is 2.23 bits per heavy atom. The van der Waals surface area contributed by atoms with Crippen LogP contribution >= 0.6 is 0 Å². The maximum atomic E-state index is 9.97. The van der Waals surface area contributed by atoms with E-state index >= 15 is 0 Å². The molecule has 4 unspecified atom stereocenters. The van der Waals surface area contributed by atoms with Gasteiger partial charge in [0.1, 0.15) is 0 Å². The molecule has 0 aromatic carbocycles. The standard InChI is InChI=1S/C11H22O2/c1-7-6-8(2)13-10(9(7)12)11(3,4)5/h7-10,12H,6H2,1-5H3. The molecule has 0 aromatic rings. The van der Waals surface area contributed by atoms with Gasteiger partial charge in [0, 0.05) is 0 Å². The number of hydrogen-bond donors (Lipinski definition) is 1. The van der Waals surface area contributed by atoms with E-state index in [4.69, 9.17) is 4.74 Å². The molecule has 2 heteroatoms. The van der Waals surface area contributed by atoms with Gasteiger partial charge in [0.05, 0.1) is 18.3 Å². The normalized spacial score (nSPS) is 42.0. The van der Waals surface area contributed by atoms with Crippen molar-refractivity contribution in [1.29, 1.82) is 0 Å². The SMILES string of the molecule is CC1CC(C)C(O)C(C(C)(C)C)O1. The smallest absolute Gasteiger partial charge is 0.0888 e. The van der Waals surface area contributed by atoms with Gasteiger partial charge >= 0.3 is 0 Å². The van der Waals surface area contributed by atoms with Crippen molar-refractivity contribution in [3.05, 3.63) is 0 Å². The van der Waals surface area contributed by atoms with Crippen LogP contribution in [0.15, 0.2) is 0 Å². The van der Waals surface area contributed by atoms with Crippen molar-refractivity contribution in [1.82, 2.24) is 0 Å². The predicted octanol–water partition coefficient (Wildman–Crippen LogP) is 2.21. The lowest BCUT2D eigenvalue weighted by Crippen LogP contribution is -2.49. The summed E-state index contributed by atoms with van der Waals surface area (Å²) in [6.45, 7) is 10.5. The molecule has 0 bridgehead atoms. The second-order valence-corrected chi connectivity index (χ2v) is 5.44. The Morgan fingerprint density at radius 1 is 1.23 bits per heavy atom. The predicted molar refractivity (Wildman–Crippen MR) is 53.6 cm³/mol. The van der Waals surface area contributed by atoms with Crippen LogP contribution in [-0.4, -0.2) is 23.4 Å². The summed E-state index contributed by atoms with van der Waals surface area (Å²) in [6, 6.07) is 0. The van der Waals surface area contributed by atoms with E-state index in [0.29, 0.717) is 5.92 Å². The highest BCUT2D eigenvalue weighted by Gasteiger charge is 2.40. The fraction of sp³-hybridized carbons (Fsp3) is 1.00. The first-order chi connectivity index (χ1) is 5.82. The van der Waals surface area contributed by atoms with Crippen molar-refractivity contribution in [2.45, 2.75) is 59.4 Å². The van der Waals surface area contributed by atoms with Gasteiger partial charge in [-0.3, -0.25) is 0 Å². The molecule has 1 saturated heterocycles. The molecule has 4 atom stereocenters. The number of aliphatic hydroxyl groups excluding tert-OH is 1. The third kappa shape index (κ3) is 2.44. The monoisotopic (exact) mass is 186 g/mol. The summed E-state index contributed by atoms with van der Waals surface area (Å²) in [5, 5.41) is 9.97. The molecule has 1 aliphatic heterocycles. The Labute approximate surface area is 81.3 Å². The first-order valence-corrected chi connectivity index (χ1v) is 5.16. The van der Waals surface area contributed by atoms with Crippen LogP contribution in [0.5, 0.6) is 0 Å². The molecule has 13 heavy (non-hydrogen) atoms. The third-order valence-electron chi connectivity index (χ3n) is 2.83.